The van der Waals surface area contributed by atoms with Crippen LogP contribution in [-0.4, -0.2) is 19.7 Å². The second-order valence-electron chi connectivity index (χ2n) is 4.27. The highest BCUT2D eigenvalue weighted by Gasteiger charge is 2.22. The van der Waals surface area contributed by atoms with Crippen LogP contribution in [-0.2, 0) is 4.84 Å². The maximum atomic E-state index is 5.09. The van der Waals surface area contributed by atoms with Crippen molar-refractivity contribution < 1.29 is 4.84 Å². The van der Waals surface area contributed by atoms with E-state index in [1.165, 1.54) is 17.7 Å². The first-order chi connectivity index (χ1) is 7.29. The molecule has 1 aliphatic heterocycles. The van der Waals surface area contributed by atoms with Gasteiger partial charge in [-0.2, -0.15) is 0 Å². The lowest BCUT2D eigenvalue weighted by Gasteiger charge is -2.18. The van der Waals surface area contributed by atoms with Crippen LogP contribution in [0.5, 0.6) is 0 Å². The van der Waals surface area contributed by atoms with E-state index in [1.807, 2.05) is 0 Å². The molecule has 1 saturated heterocycles. The Balaban J connectivity index is 1.98. The average molecular weight is 206 g/mol. The lowest BCUT2D eigenvalue weighted by molar-refractivity contribution is 0.108. The predicted molar refractivity (Wildman–Crippen MR) is 61.6 cm³/mol. The molecule has 3 nitrogen and oxygen atoms in total. The standard InChI is InChI=1S/C12H18N2O/c1-10-2-4-12(5-3-10)14-7-6-11(8-14)9-15-13/h2-5,11H,6-9,13H2,1H3. The van der Waals surface area contributed by atoms with Crippen LogP contribution in [0.3, 0.4) is 0 Å². The Bertz CT molecular complexity index is 310. The SMILES string of the molecule is Cc1ccc(N2CCC(CON)C2)cc1. The average Bonchev–Trinajstić information content (AvgIpc) is 2.68. The van der Waals surface area contributed by atoms with E-state index in [9.17, 15) is 0 Å². The van der Waals surface area contributed by atoms with E-state index < -0.39 is 0 Å². The number of hydrogen-bond donors (Lipinski definition) is 1. The Morgan fingerprint density at radius 3 is 2.80 bits per heavy atom. The van der Waals surface area contributed by atoms with Gasteiger partial charge in [0.1, 0.15) is 0 Å². The largest absolute Gasteiger partial charge is 0.371 e. The molecule has 0 saturated carbocycles. The van der Waals surface area contributed by atoms with Crippen LogP contribution < -0.4 is 10.8 Å². The van der Waals surface area contributed by atoms with Crippen molar-refractivity contribution in [1.82, 2.24) is 0 Å². The first-order valence-corrected chi connectivity index (χ1v) is 5.43. The predicted octanol–water partition coefficient (Wildman–Crippen LogP) is 1.71. The minimum Gasteiger partial charge on any atom is -0.371 e. The summed E-state index contributed by atoms with van der Waals surface area (Å²) in [6.45, 7) is 4.94. The highest BCUT2D eigenvalue weighted by Crippen LogP contribution is 2.23. The summed E-state index contributed by atoms with van der Waals surface area (Å²) < 4.78 is 0. The summed E-state index contributed by atoms with van der Waals surface area (Å²) in [6, 6.07) is 8.67. The molecule has 1 heterocycles. The summed E-state index contributed by atoms with van der Waals surface area (Å²) in [4.78, 5) is 7.09. The topological polar surface area (TPSA) is 38.5 Å². The van der Waals surface area contributed by atoms with E-state index in [1.54, 1.807) is 0 Å². The summed E-state index contributed by atoms with van der Waals surface area (Å²) in [5.41, 5.74) is 2.61. The van der Waals surface area contributed by atoms with Gasteiger partial charge in [-0.15, -0.1) is 0 Å². The van der Waals surface area contributed by atoms with Gasteiger partial charge in [-0.25, -0.2) is 5.90 Å². The van der Waals surface area contributed by atoms with Crippen molar-refractivity contribution in [1.29, 1.82) is 0 Å². The summed E-state index contributed by atoms with van der Waals surface area (Å²) >= 11 is 0. The van der Waals surface area contributed by atoms with Gasteiger partial charge in [-0.05, 0) is 25.5 Å². The lowest BCUT2D eigenvalue weighted by Crippen LogP contribution is -2.21. The van der Waals surface area contributed by atoms with Crippen LogP contribution in [0.1, 0.15) is 12.0 Å². The molecule has 82 valence electrons. The highest BCUT2D eigenvalue weighted by atomic mass is 16.6. The Morgan fingerprint density at radius 2 is 2.13 bits per heavy atom. The number of benzene rings is 1. The van der Waals surface area contributed by atoms with Crippen molar-refractivity contribution in [3.63, 3.8) is 0 Å². The first kappa shape index (κ1) is 10.5. The third-order valence-electron chi connectivity index (χ3n) is 3.02. The lowest BCUT2D eigenvalue weighted by atomic mass is 10.1. The fourth-order valence-electron chi connectivity index (χ4n) is 2.09. The van der Waals surface area contributed by atoms with Crippen molar-refractivity contribution >= 4 is 5.69 Å². The van der Waals surface area contributed by atoms with Gasteiger partial charge in [0.25, 0.3) is 0 Å². The third kappa shape index (κ3) is 2.49. The van der Waals surface area contributed by atoms with Crippen LogP contribution >= 0.6 is 0 Å². The van der Waals surface area contributed by atoms with Gasteiger partial charge < -0.3 is 9.74 Å². The molecule has 1 aromatic carbocycles. The molecule has 15 heavy (non-hydrogen) atoms. The van der Waals surface area contributed by atoms with Gasteiger partial charge in [0.15, 0.2) is 0 Å². The normalized spacial score (nSPS) is 20.9. The van der Waals surface area contributed by atoms with E-state index >= 15 is 0 Å². The second kappa shape index (κ2) is 4.64. The number of hydrogen-bond acceptors (Lipinski definition) is 3. The van der Waals surface area contributed by atoms with Gasteiger partial charge >= 0.3 is 0 Å². The van der Waals surface area contributed by atoms with Gasteiger partial charge in [0.05, 0.1) is 6.61 Å². The minimum absolute atomic E-state index is 0.580. The number of aryl methyl sites for hydroxylation is 1. The van der Waals surface area contributed by atoms with Gasteiger partial charge in [0, 0.05) is 24.7 Å². The first-order valence-electron chi connectivity index (χ1n) is 5.43. The van der Waals surface area contributed by atoms with Crippen molar-refractivity contribution in [3.8, 4) is 0 Å². The molecule has 1 fully saturated rings. The quantitative estimate of drug-likeness (QED) is 0.765. The van der Waals surface area contributed by atoms with Crippen molar-refractivity contribution in [2.24, 2.45) is 11.8 Å². The summed E-state index contributed by atoms with van der Waals surface area (Å²) in [5, 5.41) is 0. The van der Waals surface area contributed by atoms with E-state index in [-0.39, 0.29) is 0 Å². The van der Waals surface area contributed by atoms with E-state index in [0.29, 0.717) is 12.5 Å². The zero-order chi connectivity index (χ0) is 10.7. The maximum absolute atomic E-state index is 5.09. The Kier molecular flexibility index (Phi) is 3.23. The zero-order valence-electron chi connectivity index (χ0n) is 9.15. The molecule has 0 aromatic heterocycles. The minimum atomic E-state index is 0.580. The van der Waals surface area contributed by atoms with Gasteiger partial charge in [-0.1, -0.05) is 17.7 Å². The van der Waals surface area contributed by atoms with Crippen molar-refractivity contribution in [2.75, 3.05) is 24.6 Å². The summed E-state index contributed by atoms with van der Waals surface area (Å²) in [6.07, 6.45) is 1.17. The Hall–Kier alpha value is -1.06. The molecular weight excluding hydrogens is 188 g/mol. The molecule has 2 rings (SSSR count). The molecule has 0 aliphatic carbocycles. The molecule has 1 aliphatic rings. The summed E-state index contributed by atoms with van der Waals surface area (Å²) in [5.74, 6) is 5.67. The number of rotatable bonds is 3. The molecule has 2 N–H and O–H groups in total. The maximum Gasteiger partial charge on any atom is 0.0724 e. The Morgan fingerprint density at radius 1 is 1.40 bits per heavy atom. The number of nitrogens with two attached hydrogens (primary N) is 1. The highest BCUT2D eigenvalue weighted by molar-refractivity contribution is 5.48. The molecule has 1 atom stereocenters. The van der Waals surface area contributed by atoms with Crippen molar-refractivity contribution in [2.45, 2.75) is 13.3 Å². The summed E-state index contributed by atoms with van der Waals surface area (Å²) in [7, 11) is 0. The van der Waals surface area contributed by atoms with Crippen LogP contribution in [0.25, 0.3) is 0 Å². The van der Waals surface area contributed by atoms with E-state index in [0.717, 1.165) is 13.1 Å². The molecule has 0 bridgehead atoms. The molecule has 0 amide bonds. The number of nitrogens with zero attached hydrogens (tertiary/aromatic N) is 1. The fraction of sp³-hybridized carbons (Fsp3) is 0.500. The molecule has 1 aromatic rings. The van der Waals surface area contributed by atoms with Crippen LogP contribution in [0.15, 0.2) is 24.3 Å². The zero-order valence-corrected chi connectivity index (χ0v) is 9.15. The Labute approximate surface area is 90.8 Å². The molecule has 1 unspecified atom stereocenters. The third-order valence-corrected chi connectivity index (χ3v) is 3.02. The van der Waals surface area contributed by atoms with Crippen molar-refractivity contribution in [3.05, 3.63) is 29.8 Å². The van der Waals surface area contributed by atoms with E-state index in [4.69, 9.17) is 10.7 Å². The van der Waals surface area contributed by atoms with E-state index in [2.05, 4.69) is 36.1 Å². The molecular formula is C12H18N2O. The van der Waals surface area contributed by atoms with Crippen LogP contribution in [0, 0.1) is 12.8 Å². The molecule has 3 heteroatoms. The fourth-order valence-corrected chi connectivity index (χ4v) is 2.09. The molecule has 0 spiro atoms. The molecule has 0 radical (unpaired) electrons. The van der Waals surface area contributed by atoms with Crippen LogP contribution in [0.4, 0.5) is 5.69 Å². The monoisotopic (exact) mass is 206 g/mol. The van der Waals surface area contributed by atoms with Crippen LogP contribution in [0.2, 0.25) is 0 Å². The van der Waals surface area contributed by atoms with Gasteiger partial charge in [-0.3, -0.25) is 0 Å². The van der Waals surface area contributed by atoms with Gasteiger partial charge in [0.2, 0.25) is 0 Å². The second-order valence-corrected chi connectivity index (χ2v) is 4.27. The number of anilines is 1. The smallest absolute Gasteiger partial charge is 0.0724 e.